The Hall–Kier alpha value is -1.21. The second-order valence-electron chi connectivity index (χ2n) is 3.75. The van der Waals surface area contributed by atoms with Gasteiger partial charge in [0.15, 0.2) is 0 Å². The van der Waals surface area contributed by atoms with Gasteiger partial charge < -0.3 is 10.4 Å². The SMILES string of the molecule is OC(CNCc1ccccc1)C(F)(F)C(F)(F)F. The predicted octanol–water partition coefficient (Wildman–Crippen LogP) is 2.33. The van der Waals surface area contributed by atoms with Gasteiger partial charge in [-0.15, -0.1) is 0 Å². The van der Waals surface area contributed by atoms with E-state index >= 15 is 0 Å². The van der Waals surface area contributed by atoms with Crippen LogP contribution in [-0.4, -0.2) is 29.9 Å². The molecule has 0 radical (unpaired) electrons. The largest absolute Gasteiger partial charge is 0.456 e. The molecule has 1 aromatic carbocycles. The number of aliphatic hydroxyl groups is 1. The van der Waals surface area contributed by atoms with Gasteiger partial charge in [0.05, 0.1) is 0 Å². The van der Waals surface area contributed by atoms with Crippen LogP contribution < -0.4 is 5.32 Å². The van der Waals surface area contributed by atoms with Crippen molar-refractivity contribution in [3.63, 3.8) is 0 Å². The van der Waals surface area contributed by atoms with Gasteiger partial charge in [0, 0.05) is 13.1 Å². The van der Waals surface area contributed by atoms with Crippen molar-refractivity contribution in [2.45, 2.75) is 24.7 Å². The molecule has 102 valence electrons. The minimum atomic E-state index is -5.75. The zero-order valence-electron chi connectivity index (χ0n) is 9.22. The van der Waals surface area contributed by atoms with Crippen LogP contribution in [-0.2, 0) is 6.54 Å². The number of benzene rings is 1. The van der Waals surface area contributed by atoms with E-state index in [1.807, 2.05) is 0 Å². The Labute approximate surface area is 100 Å². The summed E-state index contributed by atoms with van der Waals surface area (Å²) >= 11 is 0. The van der Waals surface area contributed by atoms with Crippen LogP contribution in [0.1, 0.15) is 5.56 Å². The smallest absolute Gasteiger partial charge is 0.385 e. The number of hydrogen-bond donors (Lipinski definition) is 2. The first-order valence-corrected chi connectivity index (χ1v) is 5.12. The van der Waals surface area contributed by atoms with Crippen molar-refractivity contribution in [1.29, 1.82) is 0 Å². The average molecular weight is 269 g/mol. The van der Waals surface area contributed by atoms with Crippen molar-refractivity contribution in [1.82, 2.24) is 5.32 Å². The van der Waals surface area contributed by atoms with Crippen LogP contribution in [0.4, 0.5) is 22.0 Å². The van der Waals surface area contributed by atoms with Gasteiger partial charge >= 0.3 is 12.1 Å². The molecule has 0 heterocycles. The highest BCUT2D eigenvalue weighted by molar-refractivity contribution is 5.14. The summed E-state index contributed by atoms with van der Waals surface area (Å²) in [4.78, 5) is 0. The van der Waals surface area contributed by atoms with E-state index < -0.39 is 24.7 Å². The Morgan fingerprint density at radius 3 is 2.11 bits per heavy atom. The number of aliphatic hydroxyl groups excluding tert-OH is 1. The zero-order valence-corrected chi connectivity index (χ0v) is 9.22. The Balaban J connectivity index is 2.45. The van der Waals surface area contributed by atoms with E-state index in [1.165, 1.54) is 0 Å². The number of hydrogen-bond acceptors (Lipinski definition) is 2. The molecule has 0 spiro atoms. The molecule has 0 aliphatic carbocycles. The molecule has 0 aliphatic rings. The fourth-order valence-corrected chi connectivity index (χ4v) is 1.27. The molecule has 0 saturated heterocycles. The van der Waals surface area contributed by atoms with E-state index in [0.29, 0.717) is 0 Å². The van der Waals surface area contributed by atoms with Crippen molar-refractivity contribution < 1.29 is 27.1 Å². The molecule has 0 amide bonds. The second-order valence-corrected chi connectivity index (χ2v) is 3.75. The molecule has 2 nitrogen and oxygen atoms in total. The van der Waals surface area contributed by atoms with Crippen molar-refractivity contribution in [2.24, 2.45) is 0 Å². The van der Waals surface area contributed by atoms with Crippen LogP contribution in [0.25, 0.3) is 0 Å². The number of alkyl halides is 5. The molecule has 0 saturated carbocycles. The Kier molecular flexibility index (Phi) is 4.64. The van der Waals surface area contributed by atoms with Gasteiger partial charge in [-0.2, -0.15) is 22.0 Å². The van der Waals surface area contributed by atoms with E-state index in [0.717, 1.165) is 5.56 Å². The van der Waals surface area contributed by atoms with E-state index in [-0.39, 0.29) is 6.54 Å². The summed E-state index contributed by atoms with van der Waals surface area (Å²) < 4.78 is 61.0. The summed E-state index contributed by atoms with van der Waals surface area (Å²) in [5.74, 6) is -5.11. The van der Waals surface area contributed by atoms with Crippen molar-refractivity contribution in [3.05, 3.63) is 35.9 Å². The molecule has 18 heavy (non-hydrogen) atoms. The van der Waals surface area contributed by atoms with Gasteiger partial charge in [-0.25, -0.2) is 0 Å². The highest BCUT2D eigenvalue weighted by Crippen LogP contribution is 2.37. The van der Waals surface area contributed by atoms with E-state index in [4.69, 9.17) is 5.11 Å². The highest BCUT2D eigenvalue weighted by atomic mass is 19.4. The average Bonchev–Trinajstić information content (AvgIpc) is 2.28. The third-order valence-corrected chi connectivity index (χ3v) is 2.31. The first kappa shape index (κ1) is 14.8. The number of halogens is 5. The molecular formula is C11H12F5NO. The zero-order chi connectivity index (χ0) is 13.8. The molecule has 1 unspecified atom stereocenters. The minimum Gasteiger partial charge on any atom is -0.385 e. The minimum absolute atomic E-state index is 0.103. The van der Waals surface area contributed by atoms with Crippen LogP contribution >= 0.6 is 0 Å². The molecule has 0 aliphatic heterocycles. The molecule has 7 heteroatoms. The molecule has 1 aromatic rings. The summed E-state index contributed by atoms with van der Waals surface area (Å²) in [5.41, 5.74) is 0.722. The maximum Gasteiger partial charge on any atom is 0.456 e. The third kappa shape index (κ3) is 3.64. The molecule has 1 atom stereocenters. The lowest BCUT2D eigenvalue weighted by Gasteiger charge is -2.24. The summed E-state index contributed by atoms with van der Waals surface area (Å²) in [6.45, 7) is -0.743. The Morgan fingerprint density at radius 2 is 1.61 bits per heavy atom. The third-order valence-electron chi connectivity index (χ3n) is 2.31. The maximum atomic E-state index is 12.6. The van der Waals surface area contributed by atoms with Crippen molar-refractivity contribution in [2.75, 3.05) is 6.54 Å². The van der Waals surface area contributed by atoms with Crippen LogP contribution in [0.3, 0.4) is 0 Å². The van der Waals surface area contributed by atoms with Gasteiger partial charge in [0.1, 0.15) is 6.10 Å². The molecular weight excluding hydrogens is 257 g/mol. The molecule has 2 N–H and O–H groups in total. The molecule has 1 rings (SSSR count). The topological polar surface area (TPSA) is 32.3 Å². The molecule has 0 bridgehead atoms. The predicted molar refractivity (Wildman–Crippen MR) is 55.2 cm³/mol. The standard InChI is InChI=1S/C11H12F5NO/c12-10(13,11(14,15)16)9(18)7-17-6-8-4-2-1-3-5-8/h1-5,9,17-18H,6-7H2. The van der Waals surface area contributed by atoms with Gasteiger partial charge in [-0.05, 0) is 5.56 Å². The summed E-state index contributed by atoms with van der Waals surface area (Å²) in [6, 6.07) is 8.52. The first-order chi connectivity index (χ1) is 8.25. The first-order valence-electron chi connectivity index (χ1n) is 5.12. The second kappa shape index (κ2) is 5.62. The fourth-order valence-electron chi connectivity index (χ4n) is 1.27. The van der Waals surface area contributed by atoms with Crippen LogP contribution in [0, 0.1) is 0 Å². The van der Waals surface area contributed by atoms with Crippen LogP contribution in [0.5, 0.6) is 0 Å². The molecule has 0 fully saturated rings. The Bertz CT molecular complexity index is 365. The van der Waals surface area contributed by atoms with E-state index in [1.54, 1.807) is 30.3 Å². The monoisotopic (exact) mass is 269 g/mol. The van der Waals surface area contributed by atoms with Gasteiger partial charge in [-0.3, -0.25) is 0 Å². The van der Waals surface area contributed by atoms with Gasteiger partial charge in [0.2, 0.25) is 0 Å². The quantitative estimate of drug-likeness (QED) is 0.804. The Morgan fingerprint density at radius 1 is 1.06 bits per heavy atom. The summed E-state index contributed by atoms with van der Waals surface area (Å²) in [5, 5.41) is 11.2. The van der Waals surface area contributed by atoms with Gasteiger partial charge in [-0.1, -0.05) is 30.3 Å². The number of rotatable bonds is 5. The number of nitrogens with one attached hydrogen (secondary N) is 1. The summed E-state index contributed by atoms with van der Waals surface area (Å²) in [7, 11) is 0. The van der Waals surface area contributed by atoms with Gasteiger partial charge in [0.25, 0.3) is 0 Å². The van der Waals surface area contributed by atoms with Crippen molar-refractivity contribution in [3.8, 4) is 0 Å². The normalized spacial score (nSPS) is 14.6. The lowest BCUT2D eigenvalue weighted by atomic mass is 10.1. The van der Waals surface area contributed by atoms with E-state index in [2.05, 4.69) is 5.32 Å². The van der Waals surface area contributed by atoms with Crippen LogP contribution in [0.2, 0.25) is 0 Å². The fraction of sp³-hybridized carbons (Fsp3) is 0.455. The van der Waals surface area contributed by atoms with E-state index in [9.17, 15) is 22.0 Å². The van der Waals surface area contributed by atoms with Crippen molar-refractivity contribution >= 4 is 0 Å². The highest BCUT2D eigenvalue weighted by Gasteiger charge is 2.61. The molecule has 0 aromatic heterocycles. The van der Waals surface area contributed by atoms with Crippen LogP contribution in [0.15, 0.2) is 30.3 Å². The summed E-state index contributed by atoms with van der Waals surface area (Å²) in [6.07, 6.45) is -8.55. The lowest BCUT2D eigenvalue weighted by molar-refractivity contribution is -0.311. The lowest BCUT2D eigenvalue weighted by Crippen LogP contribution is -2.51. The maximum absolute atomic E-state index is 12.6.